The zero-order valence-corrected chi connectivity index (χ0v) is 21.6. The van der Waals surface area contributed by atoms with Gasteiger partial charge >= 0.3 is 0 Å². The molecule has 2 aliphatic rings. The van der Waals surface area contributed by atoms with Gasteiger partial charge in [0.2, 0.25) is 5.91 Å². The molecule has 2 unspecified atom stereocenters. The molecule has 2 atom stereocenters. The largest absolute Gasteiger partial charge is 0.336 e. The summed E-state index contributed by atoms with van der Waals surface area (Å²) >= 11 is 0. The summed E-state index contributed by atoms with van der Waals surface area (Å²) in [6, 6.07) is 12.8. The van der Waals surface area contributed by atoms with Crippen LogP contribution < -0.4 is 0 Å². The molecule has 0 radical (unpaired) electrons. The molecule has 9 nitrogen and oxygen atoms in total. The maximum absolute atomic E-state index is 13.0. The Morgan fingerprint density at radius 1 is 1.05 bits per heavy atom. The standard InChI is InChI=1S/C29H30N8O/c1-35(2)17-26(38)36-20-6-7-21(36)15-19(14-20)25-10-13-31-29-27(22-4-3-5-24-23(22)16-32-33-24)28(34-37(25)29)18-8-11-30-12-9-18/h3-5,8-13,16,19-21H,6-7,14-15,17H2,1-2H3,(H,32,33). The van der Waals surface area contributed by atoms with Gasteiger partial charge in [-0.1, -0.05) is 12.1 Å². The number of hydrogen-bond donors (Lipinski definition) is 1. The first kappa shape index (κ1) is 23.0. The van der Waals surface area contributed by atoms with Crippen LogP contribution in [-0.2, 0) is 4.79 Å². The van der Waals surface area contributed by atoms with Gasteiger partial charge in [-0.25, -0.2) is 9.50 Å². The molecule has 7 rings (SSSR count). The Bertz CT molecular complexity index is 1620. The number of likely N-dealkylation sites (N-methyl/N-ethyl adjacent to an activating group) is 1. The number of nitrogens with zero attached hydrogens (tertiary/aromatic N) is 7. The number of carbonyl (C=O) groups is 1. The molecule has 1 amide bonds. The van der Waals surface area contributed by atoms with Crippen molar-refractivity contribution in [2.24, 2.45) is 0 Å². The smallest absolute Gasteiger partial charge is 0.237 e. The molecule has 2 saturated heterocycles. The molecular weight excluding hydrogens is 476 g/mol. The van der Waals surface area contributed by atoms with Gasteiger partial charge in [-0.05, 0) is 69.6 Å². The molecule has 2 fully saturated rings. The lowest BCUT2D eigenvalue weighted by Gasteiger charge is -2.39. The SMILES string of the molecule is CN(C)CC(=O)N1C2CCC1CC(c1ccnc3c(-c4cccc5[nH]ncc45)c(-c4ccncc4)nn13)C2. The van der Waals surface area contributed by atoms with E-state index in [0.29, 0.717) is 12.5 Å². The number of H-pyrrole nitrogens is 1. The van der Waals surface area contributed by atoms with Gasteiger partial charge in [-0.15, -0.1) is 0 Å². The number of hydrogen-bond acceptors (Lipinski definition) is 6. The maximum atomic E-state index is 13.0. The van der Waals surface area contributed by atoms with E-state index in [-0.39, 0.29) is 18.0 Å². The Morgan fingerprint density at radius 2 is 1.84 bits per heavy atom. The summed E-state index contributed by atoms with van der Waals surface area (Å²) < 4.78 is 2.05. The van der Waals surface area contributed by atoms with Crippen molar-refractivity contribution in [1.82, 2.24) is 39.6 Å². The molecular formula is C29H30N8O. The number of fused-ring (bicyclic) bond motifs is 4. The fourth-order valence-corrected chi connectivity index (χ4v) is 6.60. The molecule has 38 heavy (non-hydrogen) atoms. The minimum absolute atomic E-state index is 0.246. The molecule has 1 aromatic carbocycles. The minimum Gasteiger partial charge on any atom is -0.336 e. The van der Waals surface area contributed by atoms with Crippen molar-refractivity contribution < 1.29 is 4.79 Å². The normalized spacial score (nSPS) is 21.1. The van der Waals surface area contributed by atoms with Gasteiger partial charge in [0.05, 0.1) is 23.8 Å². The van der Waals surface area contributed by atoms with Gasteiger partial charge in [0.25, 0.3) is 0 Å². The number of carbonyl (C=O) groups excluding carboxylic acids is 1. The molecule has 1 N–H and O–H groups in total. The highest BCUT2D eigenvalue weighted by Crippen LogP contribution is 2.44. The van der Waals surface area contributed by atoms with Crippen LogP contribution in [0.1, 0.15) is 37.3 Å². The zero-order chi connectivity index (χ0) is 25.8. The number of amides is 1. The van der Waals surface area contributed by atoms with Crippen LogP contribution in [0.3, 0.4) is 0 Å². The van der Waals surface area contributed by atoms with Crippen molar-refractivity contribution >= 4 is 22.5 Å². The topological polar surface area (TPSA) is 95.3 Å². The first-order valence-corrected chi connectivity index (χ1v) is 13.2. The summed E-state index contributed by atoms with van der Waals surface area (Å²) in [5.74, 6) is 0.555. The third kappa shape index (κ3) is 3.68. The van der Waals surface area contributed by atoms with Crippen LogP contribution in [0.2, 0.25) is 0 Å². The Labute approximate surface area is 220 Å². The van der Waals surface area contributed by atoms with Crippen molar-refractivity contribution in [1.29, 1.82) is 0 Å². The number of piperidine rings is 1. The number of rotatable bonds is 5. The highest BCUT2D eigenvalue weighted by molar-refractivity contribution is 6.02. The fourth-order valence-electron chi connectivity index (χ4n) is 6.60. The maximum Gasteiger partial charge on any atom is 0.237 e. The second-order valence-electron chi connectivity index (χ2n) is 10.8. The van der Waals surface area contributed by atoms with Gasteiger partial charge in [0, 0.05) is 53.2 Å². The van der Waals surface area contributed by atoms with Crippen LogP contribution in [0.4, 0.5) is 0 Å². The monoisotopic (exact) mass is 506 g/mol. The van der Waals surface area contributed by atoms with E-state index in [1.165, 1.54) is 0 Å². The van der Waals surface area contributed by atoms with E-state index in [1.54, 1.807) is 12.4 Å². The lowest BCUT2D eigenvalue weighted by molar-refractivity contribution is -0.136. The Balaban J connectivity index is 1.35. The average Bonchev–Trinajstić information content (AvgIpc) is 3.62. The summed E-state index contributed by atoms with van der Waals surface area (Å²) in [5.41, 5.74) is 6.89. The van der Waals surface area contributed by atoms with Gasteiger partial charge in [0.1, 0.15) is 5.69 Å². The molecule has 9 heteroatoms. The second kappa shape index (κ2) is 9.02. The number of pyridine rings is 1. The molecule has 6 heterocycles. The first-order chi connectivity index (χ1) is 18.6. The predicted molar refractivity (Wildman–Crippen MR) is 145 cm³/mol. The fraction of sp³-hybridized carbons (Fsp3) is 0.345. The van der Waals surface area contributed by atoms with Crippen molar-refractivity contribution in [2.75, 3.05) is 20.6 Å². The van der Waals surface area contributed by atoms with Crippen molar-refractivity contribution in [3.63, 3.8) is 0 Å². The summed E-state index contributed by atoms with van der Waals surface area (Å²) in [4.78, 5) is 26.2. The molecule has 0 spiro atoms. The van der Waals surface area contributed by atoms with Gasteiger partial charge in [0.15, 0.2) is 5.65 Å². The van der Waals surface area contributed by atoms with Crippen LogP contribution in [0, 0.1) is 0 Å². The third-order valence-corrected chi connectivity index (χ3v) is 8.15. The Morgan fingerprint density at radius 3 is 2.61 bits per heavy atom. The van der Waals surface area contributed by atoms with E-state index in [1.807, 2.05) is 60.2 Å². The zero-order valence-electron chi connectivity index (χ0n) is 21.6. The minimum atomic E-state index is 0.246. The highest BCUT2D eigenvalue weighted by Gasteiger charge is 2.44. The third-order valence-electron chi connectivity index (χ3n) is 8.15. The number of nitrogens with one attached hydrogen (secondary N) is 1. The van der Waals surface area contributed by atoms with Crippen LogP contribution in [0.5, 0.6) is 0 Å². The molecule has 4 aromatic heterocycles. The van der Waals surface area contributed by atoms with E-state index < -0.39 is 0 Å². The van der Waals surface area contributed by atoms with Crippen LogP contribution >= 0.6 is 0 Å². The quantitative estimate of drug-likeness (QED) is 0.385. The van der Waals surface area contributed by atoms with Crippen LogP contribution in [0.15, 0.2) is 61.2 Å². The van der Waals surface area contributed by atoms with E-state index in [9.17, 15) is 4.79 Å². The average molecular weight is 507 g/mol. The van der Waals surface area contributed by atoms with Crippen molar-refractivity contribution in [2.45, 2.75) is 43.7 Å². The van der Waals surface area contributed by atoms with E-state index >= 15 is 0 Å². The van der Waals surface area contributed by atoms with Crippen molar-refractivity contribution in [3.8, 4) is 22.4 Å². The van der Waals surface area contributed by atoms with Crippen LogP contribution in [-0.4, -0.2) is 78.2 Å². The molecule has 192 valence electrons. The van der Waals surface area contributed by atoms with Gasteiger partial charge < -0.3 is 9.80 Å². The van der Waals surface area contributed by atoms with Gasteiger partial charge in [-0.3, -0.25) is 14.9 Å². The van der Waals surface area contributed by atoms with E-state index in [4.69, 9.17) is 10.1 Å². The highest BCUT2D eigenvalue weighted by atomic mass is 16.2. The molecule has 0 saturated carbocycles. The number of benzene rings is 1. The molecule has 2 aliphatic heterocycles. The lowest BCUT2D eigenvalue weighted by atomic mass is 9.87. The summed E-state index contributed by atoms with van der Waals surface area (Å²) in [6.45, 7) is 0.467. The molecule has 0 aliphatic carbocycles. The lowest BCUT2D eigenvalue weighted by Crippen LogP contribution is -2.49. The van der Waals surface area contributed by atoms with Crippen molar-refractivity contribution in [3.05, 3.63) is 66.9 Å². The summed E-state index contributed by atoms with van der Waals surface area (Å²) in [5, 5.41) is 13.6. The molecule has 2 bridgehead atoms. The van der Waals surface area contributed by atoms with E-state index in [2.05, 4.69) is 32.2 Å². The Kier molecular flexibility index (Phi) is 5.47. The Hall–Kier alpha value is -4.11. The summed E-state index contributed by atoms with van der Waals surface area (Å²) in [6.07, 6.45) is 11.4. The van der Waals surface area contributed by atoms with Crippen LogP contribution in [0.25, 0.3) is 38.9 Å². The number of aromatic amines is 1. The molecule has 5 aromatic rings. The number of aromatic nitrogens is 6. The van der Waals surface area contributed by atoms with Gasteiger partial charge in [-0.2, -0.15) is 10.2 Å². The summed E-state index contributed by atoms with van der Waals surface area (Å²) in [7, 11) is 3.92. The van der Waals surface area contributed by atoms with E-state index in [0.717, 1.165) is 70.3 Å². The predicted octanol–water partition coefficient (Wildman–Crippen LogP) is 4.13. The first-order valence-electron chi connectivity index (χ1n) is 13.2. The second-order valence-corrected chi connectivity index (χ2v) is 10.8.